The van der Waals surface area contributed by atoms with Gasteiger partial charge in [-0.15, -0.1) is 0 Å². The molecule has 6 nitrogen and oxygen atoms in total. The Balaban J connectivity index is 2.51. The van der Waals surface area contributed by atoms with E-state index in [9.17, 15) is 9.59 Å². The van der Waals surface area contributed by atoms with Crippen molar-refractivity contribution in [3.8, 4) is 17.2 Å². The fourth-order valence-electron chi connectivity index (χ4n) is 2.15. The number of rotatable bonds is 6. The quantitative estimate of drug-likeness (QED) is 0.825. The zero-order chi connectivity index (χ0) is 17.0. The number of ether oxygens (including phenoxy) is 3. The number of hydrogen-bond acceptors (Lipinski definition) is 5. The first-order chi connectivity index (χ1) is 11.0. The van der Waals surface area contributed by atoms with Crippen LogP contribution >= 0.6 is 0 Å². The number of benzene rings is 2. The van der Waals surface area contributed by atoms with Crippen molar-refractivity contribution in [2.45, 2.75) is 0 Å². The van der Waals surface area contributed by atoms with Gasteiger partial charge in [0, 0.05) is 11.6 Å². The number of carboxylic acid groups (broad SMARTS) is 1. The number of hydrogen-bond donors (Lipinski definition) is 1. The Morgan fingerprint density at radius 2 is 1.48 bits per heavy atom. The summed E-state index contributed by atoms with van der Waals surface area (Å²) in [5.41, 5.74) is 0.715. The largest absolute Gasteiger partial charge is 0.497 e. The van der Waals surface area contributed by atoms with Crippen molar-refractivity contribution in [2.75, 3.05) is 21.3 Å². The molecule has 0 radical (unpaired) electrons. The monoisotopic (exact) mass is 316 g/mol. The molecular formula is C17H16O6. The molecule has 1 N–H and O–H groups in total. The van der Waals surface area contributed by atoms with Crippen molar-refractivity contribution in [1.82, 2.24) is 0 Å². The molecule has 0 aromatic heterocycles. The molecule has 0 spiro atoms. The lowest BCUT2D eigenvalue weighted by Crippen LogP contribution is -2.07. The van der Waals surface area contributed by atoms with Crippen molar-refractivity contribution >= 4 is 11.8 Å². The summed E-state index contributed by atoms with van der Waals surface area (Å²) < 4.78 is 15.7. The second-order valence-electron chi connectivity index (χ2n) is 4.62. The van der Waals surface area contributed by atoms with E-state index in [0.717, 1.165) is 0 Å². The highest BCUT2D eigenvalue weighted by molar-refractivity contribution is 6.11. The van der Waals surface area contributed by atoms with Gasteiger partial charge in [-0.2, -0.15) is 0 Å². The molecule has 0 aliphatic carbocycles. The first kappa shape index (κ1) is 16.4. The lowest BCUT2D eigenvalue weighted by molar-refractivity contribution is 0.0696. The van der Waals surface area contributed by atoms with Crippen LogP contribution in [0.4, 0.5) is 0 Å². The van der Waals surface area contributed by atoms with Gasteiger partial charge >= 0.3 is 5.97 Å². The summed E-state index contributed by atoms with van der Waals surface area (Å²) in [4.78, 5) is 23.6. The smallest absolute Gasteiger partial charge is 0.335 e. The normalized spacial score (nSPS) is 10.0. The Kier molecular flexibility index (Phi) is 4.85. The first-order valence-corrected chi connectivity index (χ1v) is 6.70. The Labute approximate surface area is 133 Å². The summed E-state index contributed by atoms with van der Waals surface area (Å²) in [6, 6.07) is 8.82. The van der Waals surface area contributed by atoms with Crippen LogP contribution in [0.1, 0.15) is 26.3 Å². The molecule has 120 valence electrons. The van der Waals surface area contributed by atoms with Gasteiger partial charge in [0.25, 0.3) is 0 Å². The van der Waals surface area contributed by atoms with E-state index in [2.05, 4.69) is 0 Å². The van der Waals surface area contributed by atoms with Gasteiger partial charge in [0.05, 0.1) is 32.5 Å². The fraction of sp³-hybridized carbons (Fsp3) is 0.176. The lowest BCUT2D eigenvalue weighted by atomic mass is 10.0. The molecule has 0 atom stereocenters. The minimum absolute atomic E-state index is 0.108. The molecule has 0 saturated heterocycles. The van der Waals surface area contributed by atoms with E-state index in [-0.39, 0.29) is 16.9 Å². The lowest BCUT2D eigenvalue weighted by Gasteiger charge is -2.14. The molecule has 6 heteroatoms. The number of carbonyl (C=O) groups excluding carboxylic acids is 1. The highest BCUT2D eigenvalue weighted by Crippen LogP contribution is 2.36. The molecular weight excluding hydrogens is 300 g/mol. The van der Waals surface area contributed by atoms with E-state index in [4.69, 9.17) is 19.3 Å². The Morgan fingerprint density at radius 3 is 1.96 bits per heavy atom. The standard InChI is InChI=1S/C17H16O6/c1-21-12-8-13(16(23-3)14(9-12)22-2)15(18)10-4-6-11(7-5-10)17(19)20/h4-9H,1-3H3,(H,19,20). The van der Waals surface area contributed by atoms with Crippen molar-refractivity contribution in [3.63, 3.8) is 0 Å². The summed E-state index contributed by atoms with van der Waals surface area (Å²) in [5.74, 6) is -0.258. The van der Waals surface area contributed by atoms with Gasteiger partial charge in [-0.05, 0) is 18.2 Å². The Bertz CT molecular complexity index is 733. The summed E-state index contributed by atoms with van der Waals surface area (Å²) >= 11 is 0. The summed E-state index contributed by atoms with van der Waals surface area (Å²) in [6.45, 7) is 0. The van der Waals surface area contributed by atoms with Gasteiger partial charge in [-0.25, -0.2) is 4.79 Å². The van der Waals surface area contributed by atoms with Gasteiger partial charge < -0.3 is 19.3 Å². The zero-order valence-electron chi connectivity index (χ0n) is 13.0. The first-order valence-electron chi connectivity index (χ1n) is 6.70. The SMILES string of the molecule is COc1cc(OC)c(OC)c(C(=O)c2ccc(C(=O)O)cc2)c1. The molecule has 2 aromatic carbocycles. The highest BCUT2D eigenvalue weighted by Gasteiger charge is 2.20. The van der Waals surface area contributed by atoms with Gasteiger partial charge in [0.15, 0.2) is 17.3 Å². The second kappa shape index (κ2) is 6.83. The van der Waals surface area contributed by atoms with Gasteiger partial charge in [0.2, 0.25) is 0 Å². The molecule has 0 amide bonds. The second-order valence-corrected chi connectivity index (χ2v) is 4.62. The van der Waals surface area contributed by atoms with Crippen LogP contribution in [-0.2, 0) is 0 Å². The van der Waals surface area contributed by atoms with E-state index in [0.29, 0.717) is 22.8 Å². The number of carbonyl (C=O) groups is 2. The molecule has 23 heavy (non-hydrogen) atoms. The van der Waals surface area contributed by atoms with Crippen LogP contribution in [0, 0.1) is 0 Å². The average Bonchev–Trinajstić information content (AvgIpc) is 2.59. The predicted molar refractivity (Wildman–Crippen MR) is 82.9 cm³/mol. The van der Waals surface area contributed by atoms with Crippen LogP contribution in [0.2, 0.25) is 0 Å². The predicted octanol–water partition coefficient (Wildman–Crippen LogP) is 2.64. The molecule has 0 aliphatic rings. The van der Waals surface area contributed by atoms with Crippen molar-refractivity contribution in [3.05, 3.63) is 53.1 Å². The van der Waals surface area contributed by atoms with E-state index >= 15 is 0 Å². The Morgan fingerprint density at radius 1 is 0.870 bits per heavy atom. The van der Waals surface area contributed by atoms with Crippen LogP contribution in [0.15, 0.2) is 36.4 Å². The molecule has 0 aliphatic heterocycles. The maximum atomic E-state index is 12.7. The van der Waals surface area contributed by atoms with Gasteiger partial charge in [0.1, 0.15) is 5.75 Å². The van der Waals surface area contributed by atoms with Crippen molar-refractivity contribution in [1.29, 1.82) is 0 Å². The average molecular weight is 316 g/mol. The Hall–Kier alpha value is -3.02. The maximum Gasteiger partial charge on any atom is 0.335 e. The van der Waals surface area contributed by atoms with Crippen LogP contribution in [0.5, 0.6) is 17.2 Å². The molecule has 0 heterocycles. The highest BCUT2D eigenvalue weighted by atomic mass is 16.5. The molecule has 2 aromatic rings. The van der Waals surface area contributed by atoms with Crippen molar-refractivity contribution in [2.24, 2.45) is 0 Å². The third kappa shape index (κ3) is 3.26. The zero-order valence-corrected chi connectivity index (χ0v) is 13.0. The molecule has 0 fully saturated rings. The third-order valence-electron chi connectivity index (χ3n) is 3.33. The van der Waals surface area contributed by atoms with E-state index in [1.807, 2.05) is 0 Å². The van der Waals surface area contributed by atoms with E-state index in [1.165, 1.54) is 45.6 Å². The van der Waals surface area contributed by atoms with Crippen LogP contribution in [0.3, 0.4) is 0 Å². The number of carboxylic acids is 1. The number of aromatic carboxylic acids is 1. The summed E-state index contributed by atoms with van der Waals surface area (Å²) in [6.07, 6.45) is 0. The van der Waals surface area contributed by atoms with E-state index < -0.39 is 5.97 Å². The van der Waals surface area contributed by atoms with Crippen LogP contribution in [-0.4, -0.2) is 38.2 Å². The van der Waals surface area contributed by atoms with Crippen LogP contribution in [0.25, 0.3) is 0 Å². The molecule has 0 unspecified atom stereocenters. The maximum absolute atomic E-state index is 12.7. The van der Waals surface area contributed by atoms with E-state index in [1.54, 1.807) is 12.1 Å². The van der Waals surface area contributed by atoms with Gasteiger partial charge in [-0.3, -0.25) is 4.79 Å². The molecule has 2 rings (SSSR count). The minimum Gasteiger partial charge on any atom is -0.497 e. The fourth-order valence-corrected chi connectivity index (χ4v) is 2.15. The molecule has 0 bridgehead atoms. The number of methoxy groups -OCH3 is 3. The van der Waals surface area contributed by atoms with Crippen LogP contribution < -0.4 is 14.2 Å². The topological polar surface area (TPSA) is 82.1 Å². The number of ketones is 1. The minimum atomic E-state index is -1.05. The summed E-state index contributed by atoms with van der Waals surface area (Å²) in [5, 5.41) is 8.91. The van der Waals surface area contributed by atoms with Gasteiger partial charge in [-0.1, -0.05) is 12.1 Å². The molecule has 0 saturated carbocycles. The third-order valence-corrected chi connectivity index (χ3v) is 3.33. The van der Waals surface area contributed by atoms with Crippen molar-refractivity contribution < 1.29 is 28.9 Å². The summed E-state index contributed by atoms with van der Waals surface area (Å²) in [7, 11) is 4.39.